The highest BCUT2D eigenvalue weighted by molar-refractivity contribution is 5.35. The molecule has 0 radical (unpaired) electrons. The van der Waals surface area contributed by atoms with Gasteiger partial charge in [-0.2, -0.15) is 0 Å². The van der Waals surface area contributed by atoms with Gasteiger partial charge in [0.15, 0.2) is 0 Å². The highest BCUT2D eigenvalue weighted by Crippen LogP contribution is 2.29. The molecule has 1 unspecified atom stereocenters. The summed E-state index contributed by atoms with van der Waals surface area (Å²) in [5.41, 5.74) is 8.50. The van der Waals surface area contributed by atoms with Gasteiger partial charge in [-0.1, -0.05) is 29.5 Å². The van der Waals surface area contributed by atoms with Crippen molar-refractivity contribution in [3.05, 3.63) is 47.3 Å². The quantitative estimate of drug-likeness (QED) is 0.823. The van der Waals surface area contributed by atoms with Crippen LogP contribution in [0.25, 0.3) is 0 Å². The van der Waals surface area contributed by atoms with E-state index < -0.39 is 5.41 Å². The average Bonchev–Trinajstić information content (AvgIpc) is 2.82. The Kier molecular flexibility index (Phi) is 3.97. The van der Waals surface area contributed by atoms with Crippen molar-refractivity contribution in [3.63, 3.8) is 0 Å². The van der Waals surface area contributed by atoms with Crippen LogP contribution in [0.4, 0.5) is 0 Å². The van der Waals surface area contributed by atoms with E-state index in [1.165, 1.54) is 0 Å². The number of aryl methyl sites for hydroxylation is 2. The molecule has 0 aliphatic heterocycles. The summed E-state index contributed by atoms with van der Waals surface area (Å²) in [6.07, 6.45) is 2.44. The van der Waals surface area contributed by atoms with Crippen molar-refractivity contribution in [2.24, 2.45) is 12.8 Å². The van der Waals surface area contributed by atoms with Crippen molar-refractivity contribution in [1.29, 1.82) is 0 Å². The Bertz CT molecular complexity index is 546. The molecule has 2 rings (SSSR count). The van der Waals surface area contributed by atoms with Crippen LogP contribution in [0.1, 0.15) is 16.8 Å². The van der Waals surface area contributed by atoms with Gasteiger partial charge in [-0.05, 0) is 18.1 Å². The maximum Gasteiger partial charge on any atom is 0.0837 e. The predicted molar refractivity (Wildman–Crippen MR) is 73.7 cm³/mol. The molecule has 2 aromatic rings. The van der Waals surface area contributed by atoms with Gasteiger partial charge < -0.3 is 10.8 Å². The molecule has 1 atom stereocenters. The zero-order chi connectivity index (χ0) is 13.9. The van der Waals surface area contributed by atoms with Crippen molar-refractivity contribution in [2.45, 2.75) is 18.8 Å². The lowest BCUT2D eigenvalue weighted by molar-refractivity contribution is 0.194. The van der Waals surface area contributed by atoms with Crippen molar-refractivity contribution >= 4 is 0 Å². The van der Waals surface area contributed by atoms with E-state index in [0.29, 0.717) is 13.0 Å². The number of nitrogens with two attached hydrogens (primary N) is 1. The van der Waals surface area contributed by atoms with Crippen LogP contribution >= 0.6 is 0 Å². The third kappa shape index (κ3) is 2.67. The monoisotopic (exact) mass is 260 g/mol. The van der Waals surface area contributed by atoms with Crippen LogP contribution in [-0.2, 0) is 18.9 Å². The number of aliphatic hydroxyl groups is 1. The molecule has 0 bridgehead atoms. The summed E-state index contributed by atoms with van der Waals surface area (Å²) >= 11 is 0. The first-order valence-electron chi connectivity index (χ1n) is 6.33. The van der Waals surface area contributed by atoms with Crippen LogP contribution in [0, 0.1) is 6.92 Å². The molecular formula is C14H20N4O. The summed E-state index contributed by atoms with van der Waals surface area (Å²) in [6.45, 7) is 2.39. The lowest BCUT2D eigenvalue weighted by atomic mass is 9.75. The van der Waals surface area contributed by atoms with Gasteiger partial charge >= 0.3 is 0 Å². The molecule has 0 amide bonds. The van der Waals surface area contributed by atoms with E-state index in [0.717, 1.165) is 16.8 Å². The minimum atomic E-state index is -0.499. The Morgan fingerprint density at radius 1 is 1.37 bits per heavy atom. The van der Waals surface area contributed by atoms with Crippen molar-refractivity contribution < 1.29 is 5.11 Å². The molecule has 5 nitrogen and oxygen atoms in total. The van der Waals surface area contributed by atoms with Crippen LogP contribution in [0.2, 0.25) is 0 Å². The van der Waals surface area contributed by atoms with Crippen LogP contribution in [0.15, 0.2) is 30.5 Å². The number of rotatable bonds is 5. The zero-order valence-electron chi connectivity index (χ0n) is 11.4. The smallest absolute Gasteiger partial charge is 0.0837 e. The molecule has 5 heteroatoms. The van der Waals surface area contributed by atoms with E-state index in [4.69, 9.17) is 5.73 Å². The maximum absolute atomic E-state index is 9.89. The number of aromatic nitrogens is 3. The first-order chi connectivity index (χ1) is 9.11. The SMILES string of the molecule is Cc1ccccc1C(CN)(CO)Cc1cn(C)nn1. The highest BCUT2D eigenvalue weighted by atomic mass is 16.3. The Labute approximate surface area is 113 Å². The fraction of sp³-hybridized carbons (Fsp3) is 0.429. The van der Waals surface area contributed by atoms with E-state index in [2.05, 4.69) is 10.3 Å². The molecule has 0 spiro atoms. The number of benzene rings is 1. The molecule has 1 heterocycles. The molecular weight excluding hydrogens is 240 g/mol. The van der Waals surface area contributed by atoms with Gasteiger partial charge in [0.25, 0.3) is 0 Å². The number of aliphatic hydroxyl groups excluding tert-OH is 1. The summed E-state index contributed by atoms with van der Waals surface area (Å²) in [6, 6.07) is 8.01. The molecule has 102 valence electrons. The number of nitrogens with zero attached hydrogens (tertiary/aromatic N) is 3. The second kappa shape index (κ2) is 5.50. The topological polar surface area (TPSA) is 77.0 Å². The maximum atomic E-state index is 9.89. The molecule has 0 fully saturated rings. The van der Waals surface area contributed by atoms with Gasteiger partial charge in [0.2, 0.25) is 0 Å². The summed E-state index contributed by atoms with van der Waals surface area (Å²) in [5, 5.41) is 17.9. The third-order valence-electron chi connectivity index (χ3n) is 3.58. The van der Waals surface area contributed by atoms with Crippen molar-refractivity contribution in [3.8, 4) is 0 Å². The summed E-state index contributed by atoms with van der Waals surface area (Å²) in [4.78, 5) is 0. The Hall–Kier alpha value is -1.72. The van der Waals surface area contributed by atoms with E-state index in [1.807, 2.05) is 44.4 Å². The number of hydrogen-bond donors (Lipinski definition) is 2. The van der Waals surface area contributed by atoms with Gasteiger partial charge in [-0.25, -0.2) is 0 Å². The van der Waals surface area contributed by atoms with Gasteiger partial charge in [-0.3, -0.25) is 4.68 Å². The minimum absolute atomic E-state index is 0.00900. The average molecular weight is 260 g/mol. The van der Waals surface area contributed by atoms with Crippen LogP contribution in [0.5, 0.6) is 0 Å². The van der Waals surface area contributed by atoms with Gasteiger partial charge in [-0.15, -0.1) is 5.10 Å². The minimum Gasteiger partial charge on any atom is -0.395 e. The molecule has 19 heavy (non-hydrogen) atoms. The molecule has 3 N–H and O–H groups in total. The second-order valence-corrected chi connectivity index (χ2v) is 5.02. The van der Waals surface area contributed by atoms with E-state index in [1.54, 1.807) is 4.68 Å². The Morgan fingerprint density at radius 2 is 2.11 bits per heavy atom. The molecule has 0 aliphatic rings. The first-order valence-corrected chi connectivity index (χ1v) is 6.33. The Balaban J connectivity index is 2.40. The van der Waals surface area contributed by atoms with Crippen molar-refractivity contribution in [2.75, 3.05) is 13.2 Å². The van der Waals surface area contributed by atoms with Gasteiger partial charge in [0, 0.05) is 31.6 Å². The van der Waals surface area contributed by atoms with Gasteiger partial charge in [0.1, 0.15) is 0 Å². The summed E-state index contributed by atoms with van der Waals surface area (Å²) in [5.74, 6) is 0. The summed E-state index contributed by atoms with van der Waals surface area (Å²) in [7, 11) is 1.83. The lowest BCUT2D eigenvalue weighted by Crippen LogP contribution is -2.41. The fourth-order valence-electron chi connectivity index (χ4n) is 2.47. The molecule has 0 aliphatic carbocycles. The van der Waals surface area contributed by atoms with Crippen molar-refractivity contribution in [1.82, 2.24) is 15.0 Å². The second-order valence-electron chi connectivity index (χ2n) is 5.02. The first kappa shape index (κ1) is 13.7. The molecule has 1 aromatic carbocycles. The molecule has 1 aromatic heterocycles. The lowest BCUT2D eigenvalue weighted by Gasteiger charge is -2.31. The predicted octanol–water partition coefficient (Wildman–Crippen LogP) is 0.555. The normalized spacial score (nSPS) is 14.3. The number of hydrogen-bond acceptors (Lipinski definition) is 4. The van der Waals surface area contributed by atoms with E-state index in [-0.39, 0.29) is 6.61 Å². The van der Waals surface area contributed by atoms with E-state index in [9.17, 15) is 5.11 Å². The summed E-state index contributed by atoms with van der Waals surface area (Å²) < 4.78 is 1.66. The van der Waals surface area contributed by atoms with Crippen LogP contribution in [0.3, 0.4) is 0 Å². The van der Waals surface area contributed by atoms with Crippen LogP contribution in [-0.4, -0.2) is 33.3 Å². The molecule has 0 saturated carbocycles. The van der Waals surface area contributed by atoms with Crippen LogP contribution < -0.4 is 5.73 Å². The largest absolute Gasteiger partial charge is 0.395 e. The fourth-order valence-corrected chi connectivity index (χ4v) is 2.47. The Morgan fingerprint density at radius 3 is 2.63 bits per heavy atom. The zero-order valence-corrected chi connectivity index (χ0v) is 11.4. The standard InChI is InChI=1S/C14H20N4O/c1-11-5-3-4-6-13(11)14(9-15,10-19)7-12-8-18(2)17-16-12/h3-6,8,19H,7,9-10,15H2,1-2H3. The van der Waals surface area contributed by atoms with E-state index >= 15 is 0 Å². The third-order valence-corrected chi connectivity index (χ3v) is 3.58. The van der Waals surface area contributed by atoms with Gasteiger partial charge in [0.05, 0.1) is 12.3 Å². The molecule has 0 saturated heterocycles. The highest BCUT2D eigenvalue weighted by Gasteiger charge is 2.32.